The summed E-state index contributed by atoms with van der Waals surface area (Å²) < 4.78 is 10.6. The Hall–Kier alpha value is -3.48. The Morgan fingerprint density at radius 3 is 2.36 bits per heavy atom. The molecule has 1 aliphatic heterocycles. The molecule has 2 atom stereocenters. The number of carbonyl (C=O) groups is 4. The zero-order chi connectivity index (χ0) is 23.8. The van der Waals surface area contributed by atoms with E-state index in [0.717, 1.165) is 19.3 Å². The van der Waals surface area contributed by atoms with Gasteiger partial charge < -0.3 is 14.4 Å². The summed E-state index contributed by atoms with van der Waals surface area (Å²) in [5.74, 6) is -2.14. The molecule has 1 amide bonds. The lowest BCUT2D eigenvalue weighted by atomic mass is 10.1. The molecule has 0 unspecified atom stereocenters. The van der Waals surface area contributed by atoms with E-state index in [-0.39, 0.29) is 24.7 Å². The van der Waals surface area contributed by atoms with Crippen LogP contribution >= 0.6 is 0 Å². The molecule has 1 fully saturated rings. The van der Waals surface area contributed by atoms with E-state index >= 15 is 0 Å². The van der Waals surface area contributed by atoms with Gasteiger partial charge in [-0.2, -0.15) is 0 Å². The predicted molar refractivity (Wildman–Crippen MR) is 123 cm³/mol. The molecule has 7 nitrogen and oxygen atoms in total. The van der Waals surface area contributed by atoms with E-state index in [1.54, 1.807) is 54.6 Å². The van der Waals surface area contributed by atoms with Gasteiger partial charge in [0.15, 0.2) is 6.10 Å². The lowest BCUT2D eigenvalue weighted by molar-refractivity contribution is -0.151. The smallest absolute Gasteiger partial charge is 0.338 e. The van der Waals surface area contributed by atoms with E-state index in [0.29, 0.717) is 23.4 Å². The fourth-order valence-corrected chi connectivity index (χ4v) is 3.65. The summed E-state index contributed by atoms with van der Waals surface area (Å²) >= 11 is 0. The van der Waals surface area contributed by atoms with Crippen LogP contribution in [-0.2, 0) is 19.1 Å². The number of unbranched alkanes of at least 4 members (excludes halogenated alkanes) is 2. The van der Waals surface area contributed by atoms with Crippen LogP contribution in [0.3, 0.4) is 0 Å². The zero-order valence-electron chi connectivity index (χ0n) is 19.0. The minimum absolute atomic E-state index is 0.00625. The van der Waals surface area contributed by atoms with Gasteiger partial charge in [-0.1, -0.05) is 50.1 Å². The number of rotatable bonds is 10. The Bertz CT molecular complexity index is 986. The molecule has 1 saturated heterocycles. The summed E-state index contributed by atoms with van der Waals surface area (Å²) in [6, 6.07) is 15.2. The molecule has 7 heteroatoms. The zero-order valence-corrected chi connectivity index (χ0v) is 19.0. The molecule has 33 heavy (non-hydrogen) atoms. The number of Topliss-reactive ketones (excluding diaryl/α,β-unsaturated/α-hetero) is 1. The van der Waals surface area contributed by atoms with Crippen molar-refractivity contribution in [2.24, 2.45) is 5.92 Å². The highest BCUT2D eigenvalue weighted by atomic mass is 16.5. The van der Waals surface area contributed by atoms with Crippen LogP contribution in [0.1, 0.15) is 60.2 Å². The Morgan fingerprint density at radius 2 is 1.70 bits per heavy atom. The highest BCUT2D eigenvalue weighted by Crippen LogP contribution is 2.27. The van der Waals surface area contributed by atoms with Crippen LogP contribution in [0.2, 0.25) is 0 Å². The summed E-state index contributed by atoms with van der Waals surface area (Å²) in [5, 5.41) is 0. The molecule has 0 aliphatic carbocycles. The molecule has 0 N–H and O–H groups in total. The average Bonchev–Trinajstić information content (AvgIpc) is 3.23. The fourth-order valence-electron chi connectivity index (χ4n) is 3.65. The largest absolute Gasteiger partial charge is 0.462 e. The van der Waals surface area contributed by atoms with Crippen molar-refractivity contribution in [2.45, 2.75) is 45.6 Å². The molecule has 0 spiro atoms. The maximum atomic E-state index is 12.6. The van der Waals surface area contributed by atoms with Gasteiger partial charge in [-0.05, 0) is 37.6 Å². The van der Waals surface area contributed by atoms with Crippen LogP contribution in [0.4, 0.5) is 5.69 Å². The van der Waals surface area contributed by atoms with Crippen molar-refractivity contribution in [3.8, 4) is 0 Å². The van der Waals surface area contributed by atoms with E-state index < -0.39 is 24.0 Å². The van der Waals surface area contributed by atoms with E-state index in [1.165, 1.54) is 11.8 Å². The second kappa shape index (κ2) is 11.4. The van der Waals surface area contributed by atoms with Gasteiger partial charge in [-0.25, -0.2) is 4.79 Å². The number of hydrogen-bond donors (Lipinski definition) is 0. The number of nitrogens with zero attached hydrogens (tertiary/aromatic N) is 1. The third-order valence-corrected chi connectivity index (χ3v) is 5.57. The quantitative estimate of drug-likeness (QED) is 0.306. The number of ketones is 1. The van der Waals surface area contributed by atoms with Crippen LogP contribution in [0.15, 0.2) is 54.6 Å². The average molecular weight is 452 g/mol. The molecule has 1 heterocycles. The first-order chi connectivity index (χ1) is 15.9. The monoisotopic (exact) mass is 451 g/mol. The summed E-state index contributed by atoms with van der Waals surface area (Å²) in [5.41, 5.74) is 1.46. The molecule has 0 aromatic heterocycles. The predicted octanol–water partition coefficient (Wildman–Crippen LogP) is 4.20. The van der Waals surface area contributed by atoms with Crippen LogP contribution in [0, 0.1) is 5.92 Å². The summed E-state index contributed by atoms with van der Waals surface area (Å²) in [7, 11) is 0. The summed E-state index contributed by atoms with van der Waals surface area (Å²) in [4.78, 5) is 51.1. The minimum atomic E-state index is -0.938. The van der Waals surface area contributed by atoms with Gasteiger partial charge in [0.1, 0.15) is 0 Å². The number of amides is 1. The number of ether oxygens (including phenoxy) is 2. The fraction of sp³-hybridized carbons (Fsp3) is 0.385. The lowest BCUT2D eigenvalue weighted by Gasteiger charge is -2.18. The highest BCUT2D eigenvalue weighted by Gasteiger charge is 2.37. The van der Waals surface area contributed by atoms with Crippen molar-refractivity contribution < 1.29 is 28.7 Å². The Balaban J connectivity index is 1.55. The number of anilines is 1. The van der Waals surface area contributed by atoms with Crippen LogP contribution in [0.5, 0.6) is 0 Å². The van der Waals surface area contributed by atoms with E-state index in [2.05, 4.69) is 6.92 Å². The molecule has 0 radical (unpaired) electrons. The number of benzene rings is 2. The maximum Gasteiger partial charge on any atom is 0.338 e. The number of esters is 2. The number of carbonyl (C=O) groups excluding carboxylic acids is 4. The molecular weight excluding hydrogens is 422 g/mol. The van der Waals surface area contributed by atoms with Gasteiger partial charge in [0.2, 0.25) is 11.7 Å². The van der Waals surface area contributed by atoms with Crippen molar-refractivity contribution in [3.05, 3.63) is 65.7 Å². The molecule has 2 aromatic rings. The molecular formula is C26H29NO6. The first kappa shape index (κ1) is 24.2. The van der Waals surface area contributed by atoms with E-state index in [4.69, 9.17) is 9.47 Å². The molecule has 3 rings (SSSR count). The first-order valence-corrected chi connectivity index (χ1v) is 11.3. The minimum Gasteiger partial charge on any atom is -0.462 e. The van der Waals surface area contributed by atoms with Crippen LogP contribution in [-0.4, -0.2) is 42.9 Å². The molecule has 0 bridgehead atoms. The normalized spacial score (nSPS) is 16.4. The van der Waals surface area contributed by atoms with Gasteiger partial charge in [0.05, 0.1) is 18.1 Å². The lowest BCUT2D eigenvalue weighted by Crippen LogP contribution is -2.30. The van der Waals surface area contributed by atoms with Crippen molar-refractivity contribution in [1.29, 1.82) is 0 Å². The van der Waals surface area contributed by atoms with Crippen molar-refractivity contribution in [1.82, 2.24) is 0 Å². The third kappa shape index (κ3) is 6.28. The van der Waals surface area contributed by atoms with E-state index in [9.17, 15) is 19.2 Å². The standard InChI is InChI=1S/C26H29NO6/c1-3-4-8-15-32-25(30)20-11-13-22(14-12-20)27-17-21(16-23(27)28)26(31)33-18(2)24(29)19-9-6-5-7-10-19/h5-7,9-14,18,21H,3-4,8,15-17H2,1-2H3/t18-,21+/m1/s1. The molecule has 174 valence electrons. The van der Waals surface area contributed by atoms with Crippen LogP contribution < -0.4 is 4.90 Å². The topological polar surface area (TPSA) is 90.0 Å². The highest BCUT2D eigenvalue weighted by molar-refractivity contribution is 6.02. The van der Waals surface area contributed by atoms with Gasteiger partial charge in [-0.3, -0.25) is 14.4 Å². The van der Waals surface area contributed by atoms with Crippen molar-refractivity contribution >= 4 is 29.3 Å². The number of hydrogen-bond acceptors (Lipinski definition) is 6. The van der Waals surface area contributed by atoms with Crippen molar-refractivity contribution in [3.63, 3.8) is 0 Å². The van der Waals surface area contributed by atoms with Gasteiger partial charge >= 0.3 is 11.9 Å². The molecule has 0 saturated carbocycles. The van der Waals surface area contributed by atoms with Crippen molar-refractivity contribution in [2.75, 3.05) is 18.1 Å². The Kier molecular flexibility index (Phi) is 8.35. The maximum absolute atomic E-state index is 12.6. The SMILES string of the molecule is CCCCCOC(=O)c1ccc(N2C[C@@H](C(=O)O[C@H](C)C(=O)c3ccccc3)CC2=O)cc1. The molecule has 2 aromatic carbocycles. The van der Waals surface area contributed by atoms with Gasteiger partial charge in [-0.15, -0.1) is 0 Å². The summed E-state index contributed by atoms with van der Waals surface area (Å²) in [6.45, 7) is 4.15. The van der Waals surface area contributed by atoms with Gasteiger partial charge in [0, 0.05) is 24.2 Å². The van der Waals surface area contributed by atoms with Gasteiger partial charge in [0.25, 0.3) is 0 Å². The second-order valence-electron chi connectivity index (χ2n) is 8.10. The van der Waals surface area contributed by atoms with Crippen LogP contribution in [0.25, 0.3) is 0 Å². The Morgan fingerprint density at radius 1 is 1.00 bits per heavy atom. The summed E-state index contributed by atoms with van der Waals surface area (Å²) in [6.07, 6.45) is 1.95. The molecule has 1 aliphatic rings. The Labute approximate surface area is 193 Å². The van der Waals surface area contributed by atoms with E-state index in [1.807, 2.05) is 0 Å². The first-order valence-electron chi connectivity index (χ1n) is 11.3. The third-order valence-electron chi connectivity index (χ3n) is 5.57. The second-order valence-corrected chi connectivity index (χ2v) is 8.10.